The summed E-state index contributed by atoms with van der Waals surface area (Å²) in [6, 6.07) is 0. The second kappa shape index (κ2) is 5.95. The van der Waals surface area contributed by atoms with Crippen molar-refractivity contribution >= 4 is 28.2 Å². The lowest BCUT2D eigenvalue weighted by Crippen LogP contribution is -2.23. The number of anilines is 1. The van der Waals surface area contributed by atoms with Gasteiger partial charge in [-0.1, -0.05) is 20.8 Å². The number of carbonyl (C=O) groups excluding carboxylic acids is 2. The summed E-state index contributed by atoms with van der Waals surface area (Å²) in [5.74, 6) is 0.413. The van der Waals surface area contributed by atoms with Crippen molar-refractivity contribution in [2.45, 2.75) is 40.0 Å². The molecule has 0 aliphatic heterocycles. The first kappa shape index (κ1) is 15.0. The molecule has 2 amide bonds. The quantitative estimate of drug-likeness (QED) is 0.900. The molecule has 1 aliphatic carbocycles. The van der Waals surface area contributed by atoms with E-state index in [4.69, 9.17) is 0 Å². The van der Waals surface area contributed by atoms with E-state index in [0.29, 0.717) is 16.5 Å². The Bertz CT molecular complexity index is 534. The van der Waals surface area contributed by atoms with Gasteiger partial charge in [0.1, 0.15) is 5.00 Å². The Kier molecular flexibility index (Phi) is 4.48. The average molecular weight is 294 g/mol. The molecule has 1 heterocycles. The van der Waals surface area contributed by atoms with Crippen LogP contribution in [0.25, 0.3) is 0 Å². The van der Waals surface area contributed by atoms with Crippen LogP contribution in [0.5, 0.6) is 0 Å². The van der Waals surface area contributed by atoms with Crippen LogP contribution in [-0.4, -0.2) is 18.9 Å². The summed E-state index contributed by atoms with van der Waals surface area (Å²) in [4.78, 5) is 25.3. The van der Waals surface area contributed by atoms with Gasteiger partial charge in [0.2, 0.25) is 5.91 Å². The highest BCUT2D eigenvalue weighted by Gasteiger charge is 2.28. The largest absolute Gasteiger partial charge is 0.355 e. The van der Waals surface area contributed by atoms with Crippen molar-refractivity contribution in [2.75, 3.05) is 12.4 Å². The molecule has 0 fully saturated rings. The summed E-state index contributed by atoms with van der Waals surface area (Å²) in [6.45, 7) is 5.93. The molecule has 0 radical (unpaired) electrons. The molecule has 2 rings (SSSR count). The van der Waals surface area contributed by atoms with Crippen LogP contribution in [0.4, 0.5) is 5.00 Å². The van der Waals surface area contributed by atoms with Crippen LogP contribution in [0, 0.1) is 11.8 Å². The van der Waals surface area contributed by atoms with Crippen molar-refractivity contribution < 1.29 is 9.59 Å². The average Bonchev–Trinajstić information content (AvgIpc) is 2.74. The Morgan fingerprint density at radius 3 is 2.65 bits per heavy atom. The van der Waals surface area contributed by atoms with E-state index >= 15 is 0 Å². The summed E-state index contributed by atoms with van der Waals surface area (Å²) >= 11 is 1.56. The van der Waals surface area contributed by atoms with Crippen LogP contribution in [0.15, 0.2) is 0 Å². The Balaban J connectivity index is 2.40. The van der Waals surface area contributed by atoms with Crippen LogP contribution in [-0.2, 0) is 17.6 Å². The molecule has 1 aromatic heterocycles. The first-order valence-corrected chi connectivity index (χ1v) is 7.93. The number of amides is 2. The van der Waals surface area contributed by atoms with Gasteiger partial charge >= 0.3 is 0 Å². The van der Waals surface area contributed by atoms with Crippen LogP contribution in [0.3, 0.4) is 0 Å². The minimum Gasteiger partial charge on any atom is -0.355 e. The highest BCUT2D eigenvalue weighted by molar-refractivity contribution is 7.17. The number of carbonyl (C=O) groups is 2. The molecule has 110 valence electrons. The van der Waals surface area contributed by atoms with Gasteiger partial charge in [0, 0.05) is 17.8 Å². The molecular weight excluding hydrogens is 272 g/mol. The second-order valence-corrected chi connectivity index (χ2v) is 6.88. The van der Waals surface area contributed by atoms with Gasteiger partial charge in [-0.05, 0) is 30.7 Å². The van der Waals surface area contributed by atoms with Crippen molar-refractivity contribution in [3.8, 4) is 0 Å². The monoisotopic (exact) mass is 294 g/mol. The third-order valence-corrected chi connectivity index (χ3v) is 4.90. The first-order valence-electron chi connectivity index (χ1n) is 7.11. The van der Waals surface area contributed by atoms with E-state index in [1.165, 1.54) is 4.88 Å². The number of nitrogens with one attached hydrogen (secondary N) is 2. The number of hydrogen-bond donors (Lipinski definition) is 2. The molecule has 0 bridgehead atoms. The number of rotatable bonds is 3. The predicted octanol–water partition coefficient (Wildman–Crippen LogP) is 2.83. The molecule has 20 heavy (non-hydrogen) atoms. The van der Waals surface area contributed by atoms with Crippen LogP contribution in [0.1, 0.15) is 48.0 Å². The van der Waals surface area contributed by atoms with Crippen molar-refractivity contribution in [3.05, 3.63) is 16.0 Å². The number of hydrogen-bond acceptors (Lipinski definition) is 3. The Morgan fingerprint density at radius 2 is 2.05 bits per heavy atom. The smallest absolute Gasteiger partial charge is 0.254 e. The van der Waals surface area contributed by atoms with E-state index in [2.05, 4.69) is 17.6 Å². The lowest BCUT2D eigenvalue weighted by molar-refractivity contribution is -0.118. The SMILES string of the molecule is CNC(=O)c1c(NC(=O)C(C)C)sc2c1CC[C@@H](C)C2. The fraction of sp³-hybridized carbons (Fsp3) is 0.600. The van der Waals surface area contributed by atoms with Crippen LogP contribution >= 0.6 is 11.3 Å². The fourth-order valence-corrected chi connectivity index (χ4v) is 3.87. The predicted molar refractivity (Wildman–Crippen MR) is 82.4 cm³/mol. The maximum Gasteiger partial charge on any atom is 0.254 e. The standard InChI is InChI=1S/C15H22N2O2S/c1-8(2)13(18)17-15-12(14(19)16-4)10-6-5-9(3)7-11(10)20-15/h8-9H,5-7H2,1-4H3,(H,16,19)(H,17,18)/t9-/m1/s1. The molecule has 1 aliphatic rings. The summed E-state index contributed by atoms with van der Waals surface area (Å²) in [5, 5.41) is 6.31. The molecule has 0 unspecified atom stereocenters. The van der Waals surface area contributed by atoms with Gasteiger partial charge in [-0.3, -0.25) is 9.59 Å². The maximum atomic E-state index is 12.1. The third-order valence-electron chi connectivity index (χ3n) is 3.73. The van der Waals surface area contributed by atoms with Gasteiger partial charge in [-0.15, -0.1) is 11.3 Å². The molecule has 1 aromatic rings. The Morgan fingerprint density at radius 1 is 1.35 bits per heavy atom. The van der Waals surface area contributed by atoms with Gasteiger partial charge < -0.3 is 10.6 Å². The number of thiophene rings is 1. The van der Waals surface area contributed by atoms with Gasteiger partial charge in [-0.2, -0.15) is 0 Å². The second-order valence-electron chi connectivity index (χ2n) is 5.78. The normalized spacial score (nSPS) is 17.8. The highest BCUT2D eigenvalue weighted by Crippen LogP contribution is 2.39. The molecule has 5 heteroatoms. The summed E-state index contributed by atoms with van der Waals surface area (Å²) in [5.41, 5.74) is 1.81. The lowest BCUT2D eigenvalue weighted by Gasteiger charge is -2.18. The molecule has 0 saturated heterocycles. The van der Waals surface area contributed by atoms with Crippen molar-refractivity contribution in [2.24, 2.45) is 11.8 Å². The van der Waals surface area contributed by atoms with Crippen LogP contribution < -0.4 is 10.6 Å². The van der Waals surface area contributed by atoms with E-state index in [9.17, 15) is 9.59 Å². The summed E-state index contributed by atoms with van der Waals surface area (Å²) in [7, 11) is 1.63. The molecule has 2 N–H and O–H groups in total. The lowest BCUT2D eigenvalue weighted by atomic mass is 9.88. The fourth-order valence-electron chi connectivity index (χ4n) is 2.46. The Hall–Kier alpha value is -1.36. The van der Waals surface area contributed by atoms with E-state index in [0.717, 1.165) is 24.8 Å². The van der Waals surface area contributed by atoms with E-state index in [1.54, 1.807) is 18.4 Å². The zero-order valence-corrected chi connectivity index (χ0v) is 13.3. The molecule has 0 spiro atoms. The minimum atomic E-state index is -0.101. The van der Waals surface area contributed by atoms with E-state index in [1.807, 2.05) is 13.8 Å². The molecule has 4 nitrogen and oxygen atoms in total. The summed E-state index contributed by atoms with van der Waals surface area (Å²) < 4.78 is 0. The van der Waals surface area contributed by atoms with Gasteiger partial charge in [0.25, 0.3) is 5.91 Å². The zero-order valence-electron chi connectivity index (χ0n) is 12.5. The van der Waals surface area contributed by atoms with Gasteiger partial charge in [0.15, 0.2) is 0 Å². The first-order chi connectivity index (χ1) is 9.43. The zero-order chi connectivity index (χ0) is 14.9. The number of fused-ring (bicyclic) bond motifs is 1. The topological polar surface area (TPSA) is 58.2 Å². The van der Waals surface area contributed by atoms with E-state index in [-0.39, 0.29) is 17.7 Å². The molecule has 0 aromatic carbocycles. The van der Waals surface area contributed by atoms with Gasteiger partial charge in [-0.25, -0.2) is 0 Å². The highest BCUT2D eigenvalue weighted by atomic mass is 32.1. The van der Waals surface area contributed by atoms with Crippen molar-refractivity contribution in [1.29, 1.82) is 0 Å². The molecular formula is C15H22N2O2S. The maximum absolute atomic E-state index is 12.1. The third kappa shape index (κ3) is 2.87. The Labute approximate surface area is 124 Å². The summed E-state index contributed by atoms with van der Waals surface area (Å²) in [6.07, 6.45) is 3.03. The molecule has 0 saturated carbocycles. The van der Waals surface area contributed by atoms with Crippen LogP contribution in [0.2, 0.25) is 0 Å². The molecule has 1 atom stereocenters. The minimum absolute atomic E-state index is 0.0400. The van der Waals surface area contributed by atoms with Gasteiger partial charge in [0.05, 0.1) is 5.56 Å². The van der Waals surface area contributed by atoms with E-state index < -0.39 is 0 Å². The van der Waals surface area contributed by atoms with Crippen molar-refractivity contribution in [3.63, 3.8) is 0 Å². The van der Waals surface area contributed by atoms with Crippen molar-refractivity contribution in [1.82, 2.24) is 5.32 Å².